The zero-order chi connectivity index (χ0) is 29.1. The topological polar surface area (TPSA) is 128 Å². The summed E-state index contributed by atoms with van der Waals surface area (Å²) in [5.41, 5.74) is 1.16. The minimum atomic E-state index is -0.834. The number of rotatable bonds is 7. The van der Waals surface area contributed by atoms with Crippen LogP contribution in [0.2, 0.25) is 0 Å². The van der Waals surface area contributed by atoms with Gasteiger partial charge in [-0.3, -0.25) is 24.6 Å². The lowest BCUT2D eigenvalue weighted by atomic mass is 10.00. The Labute approximate surface area is 238 Å². The van der Waals surface area contributed by atoms with E-state index in [0.29, 0.717) is 79.8 Å². The highest BCUT2D eigenvalue weighted by Gasteiger charge is 2.37. The summed E-state index contributed by atoms with van der Waals surface area (Å²) in [6, 6.07) is 6.29. The Morgan fingerprint density at radius 1 is 1.12 bits per heavy atom. The maximum Gasteiger partial charge on any atom is 0.410 e. The van der Waals surface area contributed by atoms with Gasteiger partial charge in [-0.05, 0) is 33.3 Å². The monoisotopic (exact) mass is 567 g/mol. The number of methoxy groups -OCH3 is 1. The van der Waals surface area contributed by atoms with E-state index in [1.54, 1.807) is 47.2 Å². The molecule has 12 nitrogen and oxygen atoms in total. The van der Waals surface area contributed by atoms with Crippen molar-refractivity contribution in [3.05, 3.63) is 52.7 Å². The summed E-state index contributed by atoms with van der Waals surface area (Å²) in [6.45, 7) is 8.39. The maximum atomic E-state index is 13.3. The highest BCUT2D eigenvalue weighted by molar-refractivity contribution is 5.75. The number of fused-ring (bicyclic) bond motifs is 2. The van der Waals surface area contributed by atoms with Crippen molar-refractivity contribution in [3.8, 4) is 17.2 Å². The predicted octanol–water partition coefficient (Wildman–Crippen LogP) is 2.44. The Morgan fingerprint density at radius 2 is 1.90 bits per heavy atom. The Morgan fingerprint density at radius 3 is 2.63 bits per heavy atom. The number of β-amino-alcohol motifs (C(OH)–C–C–N with tert-alkyl or cyclic N) is 1. The summed E-state index contributed by atoms with van der Waals surface area (Å²) >= 11 is 0. The van der Waals surface area contributed by atoms with Gasteiger partial charge < -0.3 is 28.6 Å². The van der Waals surface area contributed by atoms with Gasteiger partial charge in [0, 0.05) is 44.4 Å². The molecule has 2 aliphatic rings. The van der Waals surface area contributed by atoms with Gasteiger partial charge in [0.25, 0.3) is 5.56 Å². The second-order valence-electron chi connectivity index (χ2n) is 11.3. The summed E-state index contributed by atoms with van der Waals surface area (Å²) in [5.74, 6) is 1.72. The van der Waals surface area contributed by atoms with Gasteiger partial charge in [0.2, 0.25) is 0 Å². The number of aliphatic hydroxyl groups is 1. The van der Waals surface area contributed by atoms with Gasteiger partial charge in [-0.25, -0.2) is 4.79 Å². The van der Waals surface area contributed by atoms with E-state index in [1.165, 1.54) is 6.07 Å². The normalized spacial score (nSPS) is 19.1. The molecule has 12 heteroatoms. The summed E-state index contributed by atoms with van der Waals surface area (Å²) in [7, 11) is 1.56. The quantitative estimate of drug-likeness (QED) is 0.455. The molecular weight excluding hydrogens is 530 g/mol. The number of amides is 1. The van der Waals surface area contributed by atoms with Crippen LogP contribution in [0, 0.1) is 0 Å². The van der Waals surface area contributed by atoms with Crippen molar-refractivity contribution in [2.24, 2.45) is 0 Å². The smallest absolute Gasteiger partial charge is 0.410 e. The lowest BCUT2D eigenvalue weighted by molar-refractivity contribution is -0.0357. The van der Waals surface area contributed by atoms with Crippen molar-refractivity contribution in [1.82, 2.24) is 24.3 Å². The zero-order valence-corrected chi connectivity index (χ0v) is 23.9. The van der Waals surface area contributed by atoms with E-state index in [1.807, 2.05) is 20.8 Å². The average molecular weight is 568 g/mol. The van der Waals surface area contributed by atoms with E-state index in [4.69, 9.17) is 18.9 Å². The first-order valence-corrected chi connectivity index (χ1v) is 13.8. The molecule has 3 aromatic heterocycles. The molecule has 0 radical (unpaired) electrons. The van der Waals surface area contributed by atoms with Crippen LogP contribution in [0.25, 0.3) is 11.0 Å². The van der Waals surface area contributed by atoms with Crippen LogP contribution in [0.4, 0.5) is 4.79 Å². The third kappa shape index (κ3) is 6.71. The molecule has 0 aromatic carbocycles. The maximum absolute atomic E-state index is 13.3. The standard InChI is InChI=1S/C29H37N5O7/c1-29(2,3)41-28(37)34(17-19-13-25-26(16-30-19)40-12-11-39-25)22-7-8-32(18-24(22)35)9-10-33-23-14-20(38-4)15-31-21(23)5-6-27(33)36/h5-6,13-16,22,24,35H,7-12,17-18H2,1-4H3/t22-,24-/m1/s1. The third-order valence-corrected chi connectivity index (χ3v) is 7.17. The van der Waals surface area contributed by atoms with Gasteiger partial charge in [-0.15, -0.1) is 0 Å². The Hall–Kier alpha value is -3.90. The zero-order valence-electron chi connectivity index (χ0n) is 23.9. The van der Waals surface area contributed by atoms with Crippen LogP contribution in [0.15, 0.2) is 41.5 Å². The summed E-state index contributed by atoms with van der Waals surface area (Å²) in [6.07, 6.45) is 2.38. The SMILES string of the molecule is COc1cnc2ccc(=O)n(CCN3CC[C@@H](N(Cc4cc5c(cn4)OCCO5)C(=O)OC(C)(C)C)[C@H](O)C3)c2c1. The molecule has 2 atom stereocenters. The van der Waals surface area contributed by atoms with Crippen LogP contribution in [-0.2, 0) is 17.8 Å². The van der Waals surface area contributed by atoms with Gasteiger partial charge >= 0.3 is 6.09 Å². The first kappa shape index (κ1) is 28.6. The average Bonchev–Trinajstić information content (AvgIpc) is 2.94. The van der Waals surface area contributed by atoms with Gasteiger partial charge in [0.15, 0.2) is 11.5 Å². The molecular formula is C29H37N5O7. The van der Waals surface area contributed by atoms with Gasteiger partial charge in [-0.1, -0.05) is 0 Å². The number of aromatic nitrogens is 3. The number of pyridine rings is 3. The van der Waals surface area contributed by atoms with Crippen molar-refractivity contribution in [2.45, 2.75) is 58.0 Å². The van der Waals surface area contributed by atoms with Crippen LogP contribution < -0.4 is 19.8 Å². The molecule has 220 valence electrons. The molecule has 1 amide bonds. The molecule has 0 spiro atoms. The van der Waals surface area contributed by atoms with Crippen LogP contribution >= 0.6 is 0 Å². The van der Waals surface area contributed by atoms with Crippen LogP contribution in [0.5, 0.6) is 17.2 Å². The molecule has 41 heavy (non-hydrogen) atoms. The van der Waals surface area contributed by atoms with Crippen molar-refractivity contribution < 1.29 is 28.8 Å². The van der Waals surface area contributed by atoms with Gasteiger partial charge in [0.1, 0.15) is 24.6 Å². The van der Waals surface area contributed by atoms with E-state index in [0.717, 1.165) is 0 Å². The van der Waals surface area contributed by atoms with Gasteiger partial charge in [-0.2, -0.15) is 0 Å². The second-order valence-corrected chi connectivity index (χ2v) is 11.3. The van der Waals surface area contributed by atoms with Crippen molar-refractivity contribution in [1.29, 1.82) is 0 Å². The fourth-order valence-electron chi connectivity index (χ4n) is 5.17. The van der Waals surface area contributed by atoms with Crippen molar-refractivity contribution >= 4 is 17.1 Å². The Bertz CT molecular complexity index is 1450. The molecule has 1 saturated heterocycles. The number of nitrogens with zero attached hydrogens (tertiary/aromatic N) is 5. The summed E-state index contributed by atoms with van der Waals surface area (Å²) in [5, 5.41) is 11.3. The van der Waals surface area contributed by atoms with Crippen LogP contribution in [0.1, 0.15) is 32.9 Å². The van der Waals surface area contributed by atoms with E-state index < -0.39 is 23.8 Å². The highest BCUT2D eigenvalue weighted by Crippen LogP contribution is 2.31. The van der Waals surface area contributed by atoms with Crippen LogP contribution in [0.3, 0.4) is 0 Å². The number of piperidine rings is 1. The Kier molecular flexibility index (Phi) is 8.32. The fourth-order valence-corrected chi connectivity index (χ4v) is 5.17. The first-order valence-electron chi connectivity index (χ1n) is 13.8. The molecule has 0 aliphatic carbocycles. The molecule has 2 aliphatic heterocycles. The molecule has 5 rings (SSSR count). The van der Waals surface area contributed by atoms with E-state index in [2.05, 4.69) is 14.9 Å². The molecule has 0 saturated carbocycles. The number of carbonyl (C=O) groups excluding carboxylic acids is 1. The lowest BCUT2D eigenvalue weighted by Crippen LogP contribution is -2.56. The Balaban J connectivity index is 1.29. The predicted molar refractivity (Wildman–Crippen MR) is 150 cm³/mol. The number of hydrogen-bond donors (Lipinski definition) is 1. The molecule has 3 aromatic rings. The molecule has 1 fully saturated rings. The summed E-state index contributed by atoms with van der Waals surface area (Å²) < 4.78 is 23.9. The van der Waals surface area contributed by atoms with Gasteiger partial charge in [0.05, 0.1) is 54.9 Å². The number of hydrogen-bond acceptors (Lipinski definition) is 10. The minimum absolute atomic E-state index is 0.133. The number of carbonyl (C=O) groups is 1. The lowest BCUT2D eigenvalue weighted by Gasteiger charge is -2.42. The number of aliphatic hydroxyl groups excluding tert-OH is 1. The number of ether oxygens (including phenoxy) is 4. The van der Waals surface area contributed by atoms with E-state index in [-0.39, 0.29) is 12.1 Å². The molecule has 5 heterocycles. The minimum Gasteiger partial charge on any atom is -0.495 e. The third-order valence-electron chi connectivity index (χ3n) is 7.17. The largest absolute Gasteiger partial charge is 0.495 e. The second kappa shape index (κ2) is 11.9. The highest BCUT2D eigenvalue weighted by atomic mass is 16.6. The molecule has 1 N–H and O–H groups in total. The van der Waals surface area contributed by atoms with Crippen molar-refractivity contribution in [2.75, 3.05) is 40.0 Å². The summed E-state index contributed by atoms with van der Waals surface area (Å²) in [4.78, 5) is 38.5. The van der Waals surface area contributed by atoms with E-state index >= 15 is 0 Å². The fraction of sp³-hybridized carbons (Fsp3) is 0.517. The van der Waals surface area contributed by atoms with E-state index in [9.17, 15) is 14.7 Å². The number of likely N-dealkylation sites (tertiary alicyclic amines) is 1. The molecule has 0 unspecified atom stereocenters. The molecule has 0 bridgehead atoms. The first-order chi connectivity index (χ1) is 19.6. The van der Waals surface area contributed by atoms with Crippen molar-refractivity contribution in [3.63, 3.8) is 0 Å². The van der Waals surface area contributed by atoms with Crippen LogP contribution in [-0.4, -0.2) is 93.2 Å².